The summed E-state index contributed by atoms with van der Waals surface area (Å²) in [5.74, 6) is 0. The van der Waals surface area contributed by atoms with Crippen LogP contribution in [-0.2, 0) is 0 Å². The number of para-hydroxylation sites is 2. The van der Waals surface area contributed by atoms with Gasteiger partial charge >= 0.3 is 0 Å². The van der Waals surface area contributed by atoms with Gasteiger partial charge in [0, 0.05) is 53.6 Å². The van der Waals surface area contributed by atoms with Crippen molar-refractivity contribution < 1.29 is 0 Å². The molecule has 2 nitrogen and oxygen atoms in total. The zero-order valence-corrected chi connectivity index (χ0v) is 37.4. The van der Waals surface area contributed by atoms with Crippen molar-refractivity contribution in [3.63, 3.8) is 0 Å². The van der Waals surface area contributed by atoms with Gasteiger partial charge in [-0.05, 0) is 129 Å². The highest BCUT2D eigenvalue weighted by molar-refractivity contribution is 7.25. The molecule has 3 heteroatoms. The summed E-state index contributed by atoms with van der Waals surface area (Å²) in [6.45, 7) is 0. The Bertz CT molecular complexity index is 3910. The van der Waals surface area contributed by atoms with Gasteiger partial charge in [0.2, 0.25) is 0 Å². The maximum absolute atomic E-state index is 2.42. The van der Waals surface area contributed by atoms with E-state index in [4.69, 9.17) is 0 Å². The molecule has 0 aliphatic rings. The van der Waals surface area contributed by atoms with Gasteiger partial charge in [-0.25, -0.2) is 0 Å². The van der Waals surface area contributed by atoms with Crippen LogP contribution in [0, 0.1) is 0 Å². The van der Waals surface area contributed by atoms with E-state index in [1.807, 2.05) is 11.3 Å². The third-order valence-electron chi connectivity index (χ3n) is 13.4. The lowest BCUT2D eigenvalue weighted by Crippen LogP contribution is -2.11. The molecular weight excluding hydrogens is 829 g/mol. The van der Waals surface area contributed by atoms with Crippen LogP contribution >= 0.6 is 11.3 Å². The van der Waals surface area contributed by atoms with Crippen LogP contribution < -0.4 is 4.90 Å². The lowest BCUT2D eigenvalue weighted by atomic mass is 9.95. The van der Waals surface area contributed by atoms with Crippen molar-refractivity contribution in [3.05, 3.63) is 255 Å². The molecule has 0 spiro atoms. The molecule has 67 heavy (non-hydrogen) atoms. The van der Waals surface area contributed by atoms with Gasteiger partial charge in [0.15, 0.2) is 0 Å². The lowest BCUT2D eigenvalue weighted by molar-refractivity contribution is 1.18. The van der Waals surface area contributed by atoms with E-state index in [-0.39, 0.29) is 0 Å². The first kappa shape index (κ1) is 38.9. The van der Waals surface area contributed by atoms with E-state index in [0.29, 0.717) is 0 Å². The molecular formula is C64H42N2S. The topological polar surface area (TPSA) is 8.17 Å². The van der Waals surface area contributed by atoms with Gasteiger partial charge in [-0.2, -0.15) is 0 Å². The van der Waals surface area contributed by atoms with Crippen molar-refractivity contribution in [1.82, 2.24) is 4.57 Å². The molecule has 0 amide bonds. The number of benzene rings is 11. The van der Waals surface area contributed by atoms with Crippen LogP contribution in [0.4, 0.5) is 17.1 Å². The zero-order valence-electron chi connectivity index (χ0n) is 36.6. The summed E-state index contributed by atoms with van der Waals surface area (Å²) in [5, 5.41) is 7.63. The molecule has 0 N–H and O–H groups in total. The Labute approximate surface area is 393 Å². The van der Waals surface area contributed by atoms with Gasteiger partial charge in [-0.15, -0.1) is 11.3 Å². The fraction of sp³-hybridized carbons (Fsp3) is 0. The maximum Gasteiger partial charge on any atom is 0.0541 e. The average molecular weight is 871 g/mol. The molecule has 0 atom stereocenters. The number of hydrogen-bond acceptors (Lipinski definition) is 2. The molecule has 0 radical (unpaired) electrons. The van der Waals surface area contributed by atoms with Gasteiger partial charge in [0.25, 0.3) is 0 Å². The van der Waals surface area contributed by atoms with Crippen LogP contribution in [0.5, 0.6) is 0 Å². The quantitative estimate of drug-likeness (QED) is 0.148. The number of fused-ring (bicyclic) bond motifs is 7. The molecule has 0 aliphatic carbocycles. The molecule has 0 saturated carbocycles. The molecule has 2 aromatic heterocycles. The summed E-state index contributed by atoms with van der Waals surface area (Å²) in [6.07, 6.45) is 0. The average Bonchev–Trinajstić information content (AvgIpc) is 3.95. The molecule has 13 rings (SSSR count). The monoisotopic (exact) mass is 870 g/mol. The Kier molecular flexibility index (Phi) is 9.40. The minimum absolute atomic E-state index is 1.08. The third kappa shape index (κ3) is 6.79. The highest BCUT2D eigenvalue weighted by Crippen LogP contribution is 2.45. The minimum atomic E-state index is 1.08. The van der Waals surface area contributed by atoms with Crippen LogP contribution in [0.25, 0.3) is 103 Å². The Morgan fingerprint density at radius 1 is 0.299 bits per heavy atom. The summed E-state index contributed by atoms with van der Waals surface area (Å²) >= 11 is 1.86. The fourth-order valence-corrected chi connectivity index (χ4v) is 11.3. The zero-order chi connectivity index (χ0) is 44.3. The van der Waals surface area contributed by atoms with E-state index < -0.39 is 0 Å². The van der Waals surface area contributed by atoms with Crippen molar-refractivity contribution in [1.29, 1.82) is 0 Å². The fourth-order valence-electron chi connectivity index (χ4n) is 10.2. The Balaban J connectivity index is 0.954. The maximum atomic E-state index is 2.42. The third-order valence-corrected chi connectivity index (χ3v) is 14.6. The predicted octanol–water partition coefficient (Wildman–Crippen LogP) is 18.4. The lowest BCUT2D eigenvalue weighted by Gasteiger charge is -2.29. The van der Waals surface area contributed by atoms with E-state index >= 15 is 0 Å². The number of hydrogen-bond donors (Lipinski definition) is 0. The standard InChI is InChI=1S/C64H42N2S/c1-2-14-45(15-3-1)58-41-49(47-18-12-19-52(40-47)66-60-25-9-6-21-55(60)56-22-7-10-26-61(56)66)32-38-62(58)65(51-36-30-46(31-37-51)54-24-13-17-44-16-4-5-20-53(44)54)50-34-28-43(29-35-50)48-33-39-64-59(42-48)57-23-8-11-27-63(57)67-64/h1-42H. The van der Waals surface area contributed by atoms with Crippen LogP contribution in [0.3, 0.4) is 0 Å². The number of thiophene rings is 1. The van der Waals surface area contributed by atoms with Crippen LogP contribution in [0.2, 0.25) is 0 Å². The van der Waals surface area contributed by atoms with E-state index in [1.54, 1.807) is 0 Å². The number of rotatable bonds is 8. The largest absolute Gasteiger partial charge is 0.310 e. The molecule has 11 aromatic carbocycles. The summed E-state index contributed by atoms with van der Waals surface area (Å²) in [7, 11) is 0. The SMILES string of the molecule is c1ccc(-c2cc(-c3cccc(-n4c5ccccc5c5ccccc54)c3)ccc2N(c2ccc(-c3ccc4sc5ccccc5c4c3)cc2)c2ccc(-c3cccc4ccccc34)cc2)cc1. The van der Waals surface area contributed by atoms with Gasteiger partial charge in [0.05, 0.1) is 16.7 Å². The first-order chi connectivity index (χ1) is 33.2. The van der Waals surface area contributed by atoms with Gasteiger partial charge in [0.1, 0.15) is 0 Å². The second kappa shape index (κ2) is 16.2. The van der Waals surface area contributed by atoms with Crippen molar-refractivity contribution in [2.24, 2.45) is 0 Å². The molecule has 13 aromatic rings. The predicted molar refractivity (Wildman–Crippen MR) is 288 cm³/mol. The number of anilines is 3. The van der Waals surface area contributed by atoms with Crippen molar-refractivity contribution in [2.75, 3.05) is 4.90 Å². The van der Waals surface area contributed by atoms with Crippen molar-refractivity contribution >= 4 is 81.1 Å². The number of nitrogens with zero attached hydrogens (tertiary/aromatic N) is 2. The summed E-state index contributed by atoms with van der Waals surface area (Å²) < 4.78 is 5.03. The first-order valence-corrected chi connectivity index (χ1v) is 23.7. The first-order valence-electron chi connectivity index (χ1n) is 22.9. The Morgan fingerprint density at radius 3 is 1.58 bits per heavy atom. The van der Waals surface area contributed by atoms with Crippen molar-refractivity contribution in [2.45, 2.75) is 0 Å². The Hall–Kier alpha value is -8.50. The molecule has 0 unspecified atom stereocenters. The molecule has 314 valence electrons. The van der Waals surface area contributed by atoms with Gasteiger partial charge in [-0.1, -0.05) is 176 Å². The van der Waals surface area contributed by atoms with Crippen LogP contribution in [0.15, 0.2) is 255 Å². The Morgan fingerprint density at radius 2 is 0.821 bits per heavy atom. The number of aromatic nitrogens is 1. The summed E-state index contributed by atoms with van der Waals surface area (Å²) in [4.78, 5) is 2.42. The molecule has 0 bridgehead atoms. The van der Waals surface area contributed by atoms with E-state index in [1.165, 1.54) is 75.0 Å². The molecule has 0 saturated heterocycles. The van der Waals surface area contributed by atoms with E-state index in [9.17, 15) is 0 Å². The molecule has 2 heterocycles. The second-order valence-electron chi connectivity index (χ2n) is 17.3. The second-order valence-corrected chi connectivity index (χ2v) is 18.4. The van der Waals surface area contributed by atoms with E-state index in [0.717, 1.165) is 45.0 Å². The van der Waals surface area contributed by atoms with Crippen molar-refractivity contribution in [3.8, 4) is 50.2 Å². The summed E-state index contributed by atoms with van der Waals surface area (Å²) in [6, 6.07) is 93.3. The highest BCUT2D eigenvalue weighted by atomic mass is 32.1. The summed E-state index contributed by atoms with van der Waals surface area (Å²) in [5.41, 5.74) is 16.3. The smallest absolute Gasteiger partial charge is 0.0541 e. The van der Waals surface area contributed by atoms with Crippen LogP contribution in [-0.4, -0.2) is 4.57 Å². The molecule has 0 fully saturated rings. The normalized spacial score (nSPS) is 11.6. The minimum Gasteiger partial charge on any atom is -0.310 e. The van der Waals surface area contributed by atoms with E-state index in [2.05, 4.69) is 264 Å². The van der Waals surface area contributed by atoms with Gasteiger partial charge in [-0.3, -0.25) is 0 Å². The highest BCUT2D eigenvalue weighted by Gasteiger charge is 2.20. The van der Waals surface area contributed by atoms with Crippen LogP contribution in [0.1, 0.15) is 0 Å². The molecule has 0 aliphatic heterocycles. The van der Waals surface area contributed by atoms with Gasteiger partial charge < -0.3 is 9.47 Å².